The number of carboxylic acids is 1. The number of carboxylic acid groups (broad SMARTS) is 1. The molecule has 0 bridgehead atoms. The second-order valence-corrected chi connectivity index (χ2v) is 5.34. The van der Waals surface area contributed by atoms with E-state index in [1.807, 2.05) is 0 Å². The third-order valence-electron chi connectivity index (χ3n) is 2.83. The minimum Gasteiger partial charge on any atom is -0.481 e. The normalized spacial score (nSPS) is 11.2. The third kappa shape index (κ3) is 4.69. The Bertz CT molecular complexity index is 485. The van der Waals surface area contributed by atoms with Crippen molar-refractivity contribution in [2.75, 3.05) is 11.9 Å². The monoisotopic (exact) mass is 267 g/mol. The molecule has 0 atom stereocenters. The summed E-state index contributed by atoms with van der Waals surface area (Å²) in [5.74, 6) is -1.59. The molecular weight excluding hydrogens is 249 g/mol. The molecule has 0 aromatic heterocycles. The Morgan fingerprint density at radius 3 is 2.47 bits per heavy atom. The first kappa shape index (κ1) is 15.1. The van der Waals surface area contributed by atoms with Crippen LogP contribution < -0.4 is 4.90 Å². The Labute approximate surface area is 111 Å². The fraction of sp³-hybridized carbons (Fsp3) is 0.429. The van der Waals surface area contributed by atoms with Gasteiger partial charge in [-0.25, -0.2) is 4.39 Å². The van der Waals surface area contributed by atoms with Gasteiger partial charge in [-0.3, -0.25) is 9.59 Å². The summed E-state index contributed by atoms with van der Waals surface area (Å²) in [6.07, 6.45) is 0.00203. The summed E-state index contributed by atoms with van der Waals surface area (Å²) in [4.78, 5) is 24.1. The molecule has 19 heavy (non-hydrogen) atoms. The van der Waals surface area contributed by atoms with Gasteiger partial charge in [-0.15, -0.1) is 0 Å². The van der Waals surface area contributed by atoms with Crippen LogP contribution in [0.2, 0.25) is 0 Å². The number of hydrogen-bond acceptors (Lipinski definition) is 2. The van der Waals surface area contributed by atoms with E-state index in [0.717, 1.165) is 0 Å². The van der Waals surface area contributed by atoms with Gasteiger partial charge in [-0.1, -0.05) is 19.9 Å². The van der Waals surface area contributed by atoms with Crippen LogP contribution in [-0.2, 0) is 9.59 Å². The van der Waals surface area contributed by atoms with Crippen LogP contribution in [0.5, 0.6) is 0 Å². The van der Waals surface area contributed by atoms with Gasteiger partial charge in [0, 0.05) is 19.2 Å². The second-order valence-electron chi connectivity index (χ2n) is 5.34. The number of carbonyl (C=O) groups excluding carboxylic acids is 1. The number of halogens is 1. The second kappa shape index (κ2) is 5.82. The van der Waals surface area contributed by atoms with Crippen molar-refractivity contribution in [3.05, 3.63) is 30.1 Å². The van der Waals surface area contributed by atoms with E-state index < -0.39 is 17.2 Å². The zero-order valence-electron chi connectivity index (χ0n) is 11.3. The zero-order chi connectivity index (χ0) is 14.6. The Morgan fingerprint density at radius 2 is 1.95 bits per heavy atom. The first-order valence-electron chi connectivity index (χ1n) is 5.95. The van der Waals surface area contributed by atoms with Crippen LogP contribution in [0.3, 0.4) is 0 Å². The average Bonchev–Trinajstić information content (AvgIpc) is 2.25. The maximum absolute atomic E-state index is 13.1. The molecule has 0 aliphatic rings. The standard InChI is InChI=1S/C14H18FNO3/c1-14(2,9-13(18)19)8-12(17)16(3)11-6-4-5-10(15)7-11/h4-7H,8-9H2,1-3H3,(H,18,19). The van der Waals surface area contributed by atoms with Gasteiger partial charge in [0.2, 0.25) is 5.91 Å². The molecule has 0 unspecified atom stereocenters. The van der Waals surface area contributed by atoms with Crippen molar-refractivity contribution in [1.82, 2.24) is 0 Å². The molecule has 0 radical (unpaired) electrons. The summed E-state index contributed by atoms with van der Waals surface area (Å²) in [5, 5.41) is 8.78. The Morgan fingerprint density at radius 1 is 1.32 bits per heavy atom. The van der Waals surface area contributed by atoms with Gasteiger partial charge < -0.3 is 10.0 Å². The van der Waals surface area contributed by atoms with Crippen molar-refractivity contribution in [2.45, 2.75) is 26.7 Å². The molecule has 0 saturated heterocycles. The first-order valence-corrected chi connectivity index (χ1v) is 5.95. The average molecular weight is 267 g/mol. The highest BCUT2D eigenvalue weighted by molar-refractivity contribution is 5.93. The molecule has 0 saturated carbocycles. The molecule has 0 aliphatic carbocycles. The van der Waals surface area contributed by atoms with Crippen LogP contribution in [0.1, 0.15) is 26.7 Å². The smallest absolute Gasteiger partial charge is 0.303 e. The number of benzene rings is 1. The summed E-state index contributed by atoms with van der Waals surface area (Å²) >= 11 is 0. The molecule has 1 rings (SSSR count). The first-order chi connectivity index (χ1) is 8.71. The van der Waals surface area contributed by atoms with E-state index in [0.29, 0.717) is 5.69 Å². The van der Waals surface area contributed by atoms with Crippen LogP contribution >= 0.6 is 0 Å². The van der Waals surface area contributed by atoms with Crippen molar-refractivity contribution in [1.29, 1.82) is 0 Å². The number of rotatable bonds is 5. The summed E-state index contributed by atoms with van der Waals surface area (Å²) < 4.78 is 13.1. The number of hydrogen-bond donors (Lipinski definition) is 1. The number of carbonyl (C=O) groups is 2. The third-order valence-corrected chi connectivity index (χ3v) is 2.83. The summed E-state index contributed by atoms with van der Waals surface area (Å²) in [6.45, 7) is 3.44. The molecule has 0 spiro atoms. The van der Waals surface area contributed by atoms with Crippen molar-refractivity contribution in [3.8, 4) is 0 Å². The van der Waals surface area contributed by atoms with Gasteiger partial charge in [0.1, 0.15) is 5.82 Å². The van der Waals surface area contributed by atoms with E-state index in [4.69, 9.17) is 5.11 Å². The predicted molar refractivity (Wildman–Crippen MR) is 70.5 cm³/mol. The number of amides is 1. The van der Waals surface area contributed by atoms with Crippen LogP contribution in [0.25, 0.3) is 0 Å². The Hall–Kier alpha value is -1.91. The topological polar surface area (TPSA) is 57.6 Å². The van der Waals surface area contributed by atoms with Gasteiger partial charge in [0.15, 0.2) is 0 Å². The van der Waals surface area contributed by atoms with Gasteiger partial charge in [0.25, 0.3) is 0 Å². The maximum atomic E-state index is 13.1. The Kier molecular flexibility index (Phi) is 4.64. The van der Waals surface area contributed by atoms with Crippen LogP contribution in [0.4, 0.5) is 10.1 Å². The quantitative estimate of drug-likeness (QED) is 0.892. The van der Waals surface area contributed by atoms with Crippen LogP contribution in [0.15, 0.2) is 24.3 Å². The van der Waals surface area contributed by atoms with Gasteiger partial charge in [0.05, 0.1) is 6.42 Å². The van der Waals surface area contributed by atoms with Crippen molar-refractivity contribution < 1.29 is 19.1 Å². The lowest BCUT2D eigenvalue weighted by atomic mass is 9.85. The minimum absolute atomic E-state index is 0.0876. The number of nitrogens with zero attached hydrogens (tertiary/aromatic N) is 1. The summed E-state index contributed by atoms with van der Waals surface area (Å²) in [7, 11) is 1.55. The van der Waals surface area contributed by atoms with E-state index in [9.17, 15) is 14.0 Å². The van der Waals surface area contributed by atoms with Crippen LogP contribution in [-0.4, -0.2) is 24.0 Å². The molecule has 0 aliphatic heterocycles. The molecule has 4 nitrogen and oxygen atoms in total. The molecule has 1 aromatic rings. The molecule has 5 heteroatoms. The SMILES string of the molecule is CN(C(=O)CC(C)(C)CC(=O)O)c1cccc(F)c1. The minimum atomic E-state index is -0.939. The van der Waals surface area contributed by atoms with Gasteiger partial charge >= 0.3 is 5.97 Å². The molecule has 1 aromatic carbocycles. The van der Waals surface area contributed by atoms with Crippen molar-refractivity contribution in [3.63, 3.8) is 0 Å². The molecular formula is C14H18FNO3. The molecule has 0 fully saturated rings. The number of anilines is 1. The zero-order valence-corrected chi connectivity index (χ0v) is 11.3. The van der Waals surface area contributed by atoms with E-state index in [2.05, 4.69) is 0 Å². The molecule has 1 N–H and O–H groups in total. The fourth-order valence-corrected chi connectivity index (χ4v) is 1.83. The Balaban J connectivity index is 2.75. The van der Waals surface area contributed by atoms with E-state index in [1.54, 1.807) is 27.0 Å². The summed E-state index contributed by atoms with van der Waals surface area (Å²) in [5.41, 5.74) is -0.180. The highest BCUT2D eigenvalue weighted by Crippen LogP contribution is 2.27. The number of aliphatic carboxylic acids is 1. The molecule has 1 amide bonds. The predicted octanol–water partition coefficient (Wildman–Crippen LogP) is 2.68. The highest BCUT2D eigenvalue weighted by Gasteiger charge is 2.27. The molecule has 0 heterocycles. The lowest BCUT2D eigenvalue weighted by molar-refractivity contribution is -0.139. The maximum Gasteiger partial charge on any atom is 0.303 e. The van der Waals surface area contributed by atoms with E-state index in [1.165, 1.54) is 23.1 Å². The highest BCUT2D eigenvalue weighted by atomic mass is 19.1. The lowest BCUT2D eigenvalue weighted by Gasteiger charge is -2.25. The largest absolute Gasteiger partial charge is 0.481 e. The van der Waals surface area contributed by atoms with Crippen molar-refractivity contribution >= 4 is 17.6 Å². The van der Waals surface area contributed by atoms with E-state index in [-0.39, 0.29) is 18.7 Å². The van der Waals surface area contributed by atoms with Crippen LogP contribution in [0, 0.1) is 11.2 Å². The van der Waals surface area contributed by atoms with Crippen molar-refractivity contribution in [2.24, 2.45) is 5.41 Å². The van der Waals surface area contributed by atoms with Gasteiger partial charge in [-0.05, 0) is 23.6 Å². The lowest BCUT2D eigenvalue weighted by Crippen LogP contribution is -2.32. The van der Waals surface area contributed by atoms with E-state index >= 15 is 0 Å². The molecule has 104 valence electrons. The fourth-order valence-electron chi connectivity index (χ4n) is 1.83. The van der Waals surface area contributed by atoms with Gasteiger partial charge in [-0.2, -0.15) is 0 Å². The summed E-state index contributed by atoms with van der Waals surface area (Å²) in [6, 6.07) is 5.72.